The minimum absolute atomic E-state index is 0. The number of pyridine rings is 1. The molecule has 0 spiro atoms. The molecule has 32 heavy (non-hydrogen) atoms. The van der Waals surface area contributed by atoms with Gasteiger partial charge >= 0.3 is 6.09 Å². The maximum atomic E-state index is 13.2. The van der Waals surface area contributed by atoms with Crippen LogP contribution in [-0.4, -0.2) is 64.1 Å². The van der Waals surface area contributed by atoms with Gasteiger partial charge in [0.15, 0.2) is 0 Å². The number of piperazine rings is 1. The van der Waals surface area contributed by atoms with Crippen molar-refractivity contribution >= 4 is 48.0 Å². The zero-order chi connectivity index (χ0) is 22.0. The Hall–Kier alpha value is -2.71. The average Bonchev–Trinajstić information content (AvgIpc) is 3.31. The van der Waals surface area contributed by atoms with Gasteiger partial charge in [0.05, 0.1) is 22.8 Å². The fraction of sp³-hybridized carbons (Fsp3) is 0.348. The standard InChI is InChI=1S/C23H25ClN4O3.H2S/c1-3-10-31-23(30)27-8-9-28(15(2)14-27)22(29)16-4-5-18-19(24)12-20(26-21(18)11-16)17-6-7-25-13-17;/h4-7,11-13,15,25H,3,8-10,14H2,1-2H3;1H2/t15-;/m0./s1. The Bertz CT molecular complexity index is 1110. The van der Waals surface area contributed by atoms with Crippen LogP contribution >= 0.6 is 25.1 Å². The van der Waals surface area contributed by atoms with Crippen molar-refractivity contribution in [2.24, 2.45) is 0 Å². The number of hydrogen-bond acceptors (Lipinski definition) is 4. The first kappa shape index (κ1) is 23.9. The first-order valence-corrected chi connectivity index (χ1v) is 10.8. The molecule has 4 rings (SSSR count). The highest BCUT2D eigenvalue weighted by molar-refractivity contribution is 7.59. The van der Waals surface area contributed by atoms with Crippen LogP contribution in [0.1, 0.15) is 30.6 Å². The summed E-state index contributed by atoms with van der Waals surface area (Å²) < 4.78 is 5.22. The van der Waals surface area contributed by atoms with Gasteiger partial charge in [-0.2, -0.15) is 13.5 Å². The Labute approximate surface area is 199 Å². The van der Waals surface area contributed by atoms with Crippen LogP contribution in [0.3, 0.4) is 0 Å². The molecular formula is C23H27ClN4O3S. The van der Waals surface area contributed by atoms with Crippen LogP contribution in [0.25, 0.3) is 22.2 Å². The molecule has 3 aromatic rings. The number of nitrogens with one attached hydrogen (secondary N) is 1. The molecule has 1 N–H and O–H groups in total. The van der Waals surface area contributed by atoms with Crippen molar-refractivity contribution in [1.82, 2.24) is 19.8 Å². The van der Waals surface area contributed by atoms with Gasteiger partial charge in [-0.25, -0.2) is 9.78 Å². The van der Waals surface area contributed by atoms with E-state index in [4.69, 9.17) is 21.3 Å². The van der Waals surface area contributed by atoms with Crippen molar-refractivity contribution in [3.63, 3.8) is 0 Å². The van der Waals surface area contributed by atoms with E-state index >= 15 is 0 Å². The number of rotatable bonds is 4. The van der Waals surface area contributed by atoms with Gasteiger partial charge in [-0.3, -0.25) is 4.79 Å². The molecular weight excluding hydrogens is 448 g/mol. The Balaban J connectivity index is 0.00000289. The van der Waals surface area contributed by atoms with E-state index in [9.17, 15) is 9.59 Å². The summed E-state index contributed by atoms with van der Waals surface area (Å²) >= 11 is 6.47. The third-order valence-electron chi connectivity index (χ3n) is 5.48. The van der Waals surface area contributed by atoms with Crippen molar-refractivity contribution in [1.29, 1.82) is 0 Å². The van der Waals surface area contributed by atoms with Crippen LogP contribution in [0.15, 0.2) is 42.7 Å². The van der Waals surface area contributed by atoms with Crippen molar-refractivity contribution in [2.45, 2.75) is 26.3 Å². The maximum absolute atomic E-state index is 13.2. The lowest BCUT2D eigenvalue weighted by Crippen LogP contribution is -2.55. The summed E-state index contributed by atoms with van der Waals surface area (Å²) in [6.07, 6.45) is 4.15. The fourth-order valence-electron chi connectivity index (χ4n) is 3.82. The molecule has 170 valence electrons. The second-order valence-electron chi connectivity index (χ2n) is 7.73. The van der Waals surface area contributed by atoms with Crippen molar-refractivity contribution < 1.29 is 14.3 Å². The van der Waals surface area contributed by atoms with Gasteiger partial charge in [0.2, 0.25) is 0 Å². The summed E-state index contributed by atoms with van der Waals surface area (Å²) in [6, 6.07) is 9.03. The number of aromatic amines is 1. The molecule has 1 aliphatic rings. The zero-order valence-electron chi connectivity index (χ0n) is 18.1. The van der Waals surface area contributed by atoms with Gasteiger partial charge in [-0.15, -0.1) is 0 Å². The highest BCUT2D eigenvalue weighted by atomic mass is 35.5. The number of benzene rings is 1. The molecule has 9 heteroatoms. The molecule has 1 atom stereocenters. The van der Waals surface area contributed by atoms with E-state index in [1.807, 2.05) is 44.4 Å². The number of hydrogen-bond donors (Lipinski definition) is 1. The van der Waals surface area contributed by atoms with Crippen LogP contribution in [0.5, 0.6) is 0 Å². The van der Waals surface area contributed by atoms with Crippen LogP contribution in [0.2, 0.25) is 5.02 Å². The normalized spacial score (nSPS) is 16.0. The van der Waals surface area contributed by atoms with E-state index in [1.165, 1.54) is 0 Å². The molecule has 0 aliphatic carbocycles. The minimum Gasteiger partial charge on any atom is -0.449 e. The van der Waals surface area contributed by atoms with Crippen LogP contribution in [-0.2, 0) is 4.74 Å². The molecule has 0 saturated carbocycles. The SMILES string of the molecule is CCCOC(=O)N1CCN(C(=O)c2ccc3c(Cl)cc(-c4cc[nH]c4)nc3c2)[C@@H](C)C1.S. The van der Waals surface area contributed by atoms with E-state index in [0.29, 0.717) is 42.3 Å². The quantitative estimate of drug-likeness (QED) is 0.595. The lowest BCUT2D eigenvalue weighted by atomic mass is 10.1. The summed E-state index contributed by atoms with van der Waals surface area (Å²) in [6.45, 7) is 5.66. The Morgan fingerprint density at radius 2 is 2.06 bits per heavy atom. The van der Waals surface area contributed by atoms with Crippen LogP contribution in [0, 0.1) is 0 Å². The number of H-pyrrole nitrogens is 1. The summed E-state index contributed by atoms with van der Waals surface area (Å²) in [5.74, 6) is -0.0825. The monoisotopic (exact) mass is 474 g/mol. The van der Waals surface area contributed by atoms with Gasteiger partial charge in [0.1, 0.15) is 0 Å². The molecule has 1 saturated heterocycles. The maximum Gasteiger partial charge on any atom is 0.409 e. The molecule has 0 bridgehead atoms. The summed E-state index contributed by atoms with van der Waals surface area (Å²) in [7, 11) is 0. The third kappa shape index (κ3) is 4.86. The Morgan fingerprint density at radius 3 is 2.75 bits per heavy atom. The number of fused-ring (bicyclic) bond motifs is 1. The van der Waals surface area contributed by atoms with Crippen molar-refractivity contribution in [3.8, 4) is 11.3 Å². The van der Waals surface area contributed by atoms with E-state index in [2.05, 4.69) is 4.98 Å². The van der Waals surface area contributed by atoms with Crippen molar-refractivity contribution in [2.75, 3.05) is 26.2 Å². The molecule has 2 amide bonds. The van der Waals surface area contributed by atoms with E-state index in [1.54, 1.807) is 21.9 Å². The molecule has 0 radical (unpaired) electrons. The average molecular weight is 475 g/mol. The first-order valence-electron chi connectivity index (χ1n) is 10.4. The smallest absolute Gasteiger partial charge is 0.409 e. The highest BCUT2D eigenvalue weighted by Crippen LogP contribution is 2.29. The second kappa shape index (κ2) is 10.3. The number of aromatic nitrogens is 2. The largest absolute Gasteiger partial charge is 0.449 e. The molecule has 2 aromatic heterocycles. The molecule has 7 nitrogen and oxygen atoms in total. The summed E-state index contributed by atoms with van der Waals surface area (Å²) in [5, 5.41) is 1.39. The summed E-state index contributed by atoms with van der Waals surface area (Å²) in [4.78, 5) is 36.5. The molecule has 1 fully saturated rings. The number of halogens is 1. The molecule has 0 unspecified atom stereocenters. The predicted molar refractivity (Wildman–Crippen MR) is 131 cm³/mol. The minimum atomic E-state index is -0.317. The number of nitrogens with zero attached hydrogens (tertiary/aromatic N) is 3. The Kier molecular flexibility index (Phi) is 7.69. The van der Waals surface area contributed by atoms with Gasteiger partial charge in [0, 0.05) is 54.6 Å². The predicted octanol–water partition coefficient (Wildman–Crippen LogP) is 4.69. The van der Waals surface area contributed by atoms with E-state index in [0.717, 1.165) is 23.1 Å². The number of ether oxygens (including phenoxy) is 1. The molecule has 1 aliphatic heterocycles. The Morgan fingerprint density at radius 1 is 1.25 bits per heavy atom. The van der Waals surface area contributed by atoms with Gasteiger partial charge < -0.3 is 19.5 Å². The van der Waals surface area contributed by atoms with E-state index < -0.39 is 0 Å². The second-order valence-corrected chi connectivity index (χ2v) is 8.14. The topological polar surface area (TPSA) is 78.5 Å². The van der Waals surface area contributed by atoms with E-state index in [-0.39, 0.29) is 31.5 Å². The summed E-state index contributed by atoms with van der Waals surface area (Å²) in [5.41, 5.74) is 2.90. The van der Waals surface area contributed by atoms with Crippen molar-refractivity contribution in [3.05, 3.63) is 53.3 Å². The van der Waals surface area contributed by atoms with Crippen LogP contribution < -0.4 is 0 Å². The highest BCUT2D eigenvalue weighted by Gasteiger charge is 2.31. The van der Waals surface area contributed by atoms with Crippen LogP contribution in [0.4, 0.5) is 4.79 Å². The number of carbonyl (C=O) groups excluding carboxylic acids is 2. The number of amides is 2. The molecule has 3 heterocycles. The fourth-order valence-corrected chi connectivity index (χ4v) is 4.08. The number of carbonyl (C=O) groups is 2. The lowest BCUT2D eigenvalue weighted by Gasteiger charge is -2.39. The van der Waals surface area contributed by atoms with Gasteiger partial charge in [-0.1, -0.05) is 24.6 Å². The third-order valence-corrected chi connectivity index (χ3v) is 5.79. The van der Waals surface area contributed by atoms with Gasteiger partial charge in [-0.05, 0) is 37.6 Å². The first-order chi connectivity index (χ1) is 15.0. The van der Waals surface area contributed by atoms with Gasteiger partial charge in [0.25, 0.3) is 5.91 Å². The lowest BCUT2D eigenvalue weighted by molar-refractivity contribution is 0.0414. The zero-order valence-corrected chi connectivity index (χ0v) is 19.9. The molecule has 1 aromatic carbocycles.